The Morgan fingerprint density at radius 2 is 1.74 bits per heavy atom. The Labute approximate surface area is 219 Å². The second kappa shape index (κ2) is 9.95. The number of carbonyl (C=O) groups excluding carboxylic acids is 1. The summed E-state index contributed by atoms with van der Waals surface area (Å²) in [5, 5.41) is 8.83. The first kappa shape index (κ1) is 24.9. The third-order valence-corrected chi connectivity index (χ3v) is 7.81. The van der Waals surface area contributed by atoms with Crippen LogP contribution in [0.1, 0.15) is 21.7 Å². The fraction of sp³-hybridized carbons (Fsp3) is 0.143. The van der Waals surface area contributed by atoms with E-state index in [1.807, 2.05) is 31.2 Å². The van der Waals surface area contributed by atoms with Crippen LogP contribution >= 0.6 is 0 Å². The normalized spacial score (nSPS) is 11.4. The van der Waals surface area contributed by atoms with Gasteiger partial charge in [0.15, 0.2) is 5.65 Å². The van der Waals surface area contributed by atoms with E-state index in [4.69, 9.17) is 11.2 Å². The number of rotatable bonds is 7. The molecule has 0 aliphatic rings. The molecule has 5 rings (SSSR count). The number of fused-ring (bicyclic) bond motifs is 3. The zero-order valence-corrected chi connectivity index (χ0v) is 21.5. The van der Waals surface area contributed by atoms with Gasteiger partial charge < -0.3 is 9.64 Å². The summed E-state index contributed by atoms with van der Waals surface area (Å²) in [6, 6.07) is 20.6. The van der Waals surface area contributed by atoms with Crippen LogP contribution in [0, 0.1) is 19.3 Å². The molecule has 2 heterocycles. The number of amides is 1. The Morgan fingerprint density at radius 1 is 1.03 bits per heavy atom. The topological polar surface area (TPSA) is 107 Å². The number of nitrogens with zero attached hydrogens (tertiary/aromatic N) is 5. The zero-order valence-electron chi connectivity index (χ0n) is 20.7. The van der Waals surface area contributed by atoms with Gasteiger partial charge in [0, 0.05) is 11.9 Å². The minimum absolute atomic E-state index is 0.00337. The van der Waals surface area contributed by atoms with Crippen LogP contribution < -0.4 is 4.74 Å². The number of hydrogen-bond acceptors (Lipinski definition) is 7. The summed E-state index contributed by atoms with van der Waals surface area (Å²) in [5.74, 6) is 2.20. The van der Waals surface area contributed by atoms with E-state index in [9.17, 15) is 13.2 Å². The summed E-state index contributed by atoms with van der Waals surface area (Å²) >= 11 is 0. The molecule has 0 unspecified atom stereocenters. The number of methoxy groups -OCH3 is 1. The van der Waals surface area contributed by atoms with Crippen molar-refractivity contribution < 1.29 is 17.9 Å². The molecular formula is C28H23N5O4S. The van der Waals surface area contributed by atoms with Gasteiger partial charge in [-0.1, -0.05) is 53.9 Å². The maximum absolute atomic E-state index is 13.8. The minimum Gasteiger partial charge on any atom is -0.497 e. The quantitative estimate of drug-likeness (QED) is 0.297. The lowest BCUT2D eigenvalue weighted by molar-refractivity contribution is 0.0752. The van der Waals surface area contributed by atoms with E-state index in [0.717, 1.165) is 15.1 Å². The van der Waals surface area contributed by atoms with Crippen molar-refractivity contribution in [3.63, 3.8) is 0 Å². The highest BCUT2D eigenvalue weighted by molar-refractivity contribution is 7.90. The number of benzene rings is 3. The molecule has 0 saturated heterocycles. The van der Waals surface area contributed by atoms with Gasteiger partial charge in [0.05, 0.1) is 24.1 Å². The highest BCUT2D eigenvalue weighted by Crippen LogP contribution is 2.30. The van der Waals surface area contributed by atoms with E-state index in [1.54, 1.807) is 36.4 Å². The Kier molecular flexibility index (Phi) is 6.53. The molecule has 0 atom stereocenters. The highest BCUT2D eigenvalue weighted by Gasteiger charge is 2.27. The molecule has 3 aromatic carbocycles. The average molecular weight is 526 g/mol. The monoisotopic (exact) mass is 525 g/mol. The summed E-state index contributed by atoms with van der Waals surface area (Å²) in [6.45, 7) is 2.22. The van der Waals surface area contributed by atoms with Crippen LogP contribution in [0.5, 0.6) is 5.75 Å². The number of ether oxygens (including phenoxy) is 1. The molecule has 0 aliphatic heterocycles. The van der Waals surface area contributed by atoms with E-state index >= 15 is 0 Å². The maximum atomic E-state index is 13.8. The van der Waals surface area contributed by atoms with Crippen molar-refractivity contribution in [1.29, 1.82) is 0 Å². The van der Waals surface area contributed by atoms with Crippen LogP contribution in [-0.2, 0) is 16.6 Å². The van der Waals surface area contributed by atoms with Crippen LogP contribution in [0.15, 0.2) is 77.7 Å². The molecule has 2 aromatic heterocycles. The maximum Gasteiger partial charge on any atom is 0.294 e. The predicted molar refractivity (Wildman–Crippen MR) is 143 cm³/mol. The number of terminal acetylenes is 1. The van der Waals surface area contributed by atoms with Gasteiger partial charge >= 0.3 is 0 Å². The molecule has 0 saturated carbocycles. The van der Waals surface area contributed by atoms with Crippen molar-refractivity contribution >= 4 is 38.0 Å². The summed E-state index contributed by atoms with van der Waals surface area (Å²) < 4.78 is 33.9. The third-order valence-electron chi connectivity index (χ3n) is 6.09. The molecule has 0 fully saturated rings. The van der Waals surface area contributed by atoms with Crippen molar-refractivity contribution in [2.75, 3.05) is 13.7 Å². The van der Waals surface area contributed by atoms with Crippen molar-refractivity contribution in [3.05, 3.63) is 89.7 Å². The van der Waals surface area contributed by atoms with Gasteiger partial charge in [0.25, 0.3) is 15.9 Å². The second-order valence-corrected chi connectivity index (χ2v) is 10.4. The molecule has 0 spiro atoms. The molecule has 9 nitrogen and oxygen atoms in total. The Balaban J connectivity index is 1.64. The van der Waals surface area contributed by atoms with Crippen LogP contribution in [0.4, 0.5) is 0 Å². The lowest BCUT2D eigenvalue weighted by atomic mass is 10.1. The lowest BCUT2D eigenvalue weighted by Crippen LogP contribution is -2.32. The molecule has 38 heavy (non-hydrogen) atoms. The van der Waals surface area contributed by atoms with E-state index in [2.05, 4.69) is 21.1 Å². The van der Waals surface area contributed by atoms with E-state index < -0.39 is 15.9 Å². The molecule has 0 radical (unpaired) electrons. The minimum atomic E-state index is -4.13. The van der Waals surface area contributed by atoms with E-state index in [1.165, 1.54) is 24.1 Å². The number of aryl methyl sites for hydroxylation is 1. The molecule has 10 heteroatoms. The number of carbonyl (C=O) groups is 1. The fourth-order valence-electron chi connectivity index (χ4n) is 4.15. The highest BCUT2D eigenvalue weighted by atomic mass is 32.2. The third kappa shape index (κ3) is 4.44. The summed E-state index contributed by atoms with van der Waals surface area (Å²) in [5.41, 5.74) is 2.59. The SMILES string of the molecule is C#CCN(Cc1ccc(C)cc1)C(=O)c1nnc2c3ccccc3n(S(=O)(=O)c3ccc(OC)cc3)c2n1. The van der Waals surface area contributed by atoms with Gasteiger partial charge in [0.2, 0.25) is 5.82 Å². The molecule has 190 valence electrons. The standard InChI is InChI=1S/C28H23N5O4S/c1-4-17-32(18-20-11-9-19(2)10-12-20)28(34)26-29-27-25(30-31-26)23-7-5-6-8-24(23)33(27)38(35,36)22-15-13-21(37-3)14-16-22/h1,5-16H,17-18H2,2-3H3. The molecular weight excluding hydrogens is 502 g/mol. The predicted octanol–water partition coefficient (Wildman–Crippen LogP) is 3.81. The molecule has 1 amide bonds. The molecule has 0 N–H and O–H groups in total. The Bertz CT molecular complexity index is 1810. The Hall–Kier alpha value is -4.75. The van der Waals surface area contributed by atoms with Crippen molar-refractivity contribution in [3.8, 4) is 18.1 Å². The van der Waals surface area contributed by atoms with Gasteiger partial charge in [-0.2, -0.15) is 0 Å². The summed E-state index contributed by atoms with van der Waals surface area (Å²) in [4.78, 5) is 19.3. The largest absolute Gasteiger partial charge is 0.497 e. The fourth-order valence-corrected chi connectivity index (χ4v) is 5.61. The van der Waals surface area contributed by atoms with Crippen LogP contribution in [-0.4, -0.2) is 52.0 Å². The van der Waals surface area contributed by atoms with Gasteiger partial charge in [-0.15, -0.1) is 16.6 Å². The lowest BCUT2D eigenvalue weighted by Gasteiger charge is -2.19. The Morgan fingerprint density at radius 3 is 2.42 bits per heavy atom. The van der Waals surface area contributed by atoms with Crippen LogP contribution in [0.2, 0.25) is 0 Å². The van der Waals surface area contributed by atoms with Crippen molar-refractivity contribution in [2.45, 2.75) is 18.4 Å². The summed E-state index contributed by atoms with van der Waals surface area (Å²) in [6.07, 6.45) is 5.54. The van der Waals surface area contributed by atoms with Gasteiger partial charge in [-0.05, 0) is 42.8 Å². The van der Waals surface area contributed by atoms with Gasteiger partial charge in [-0.3, -0.25) is 4.79 Å². The molecule has 0 bridgehead atoms. The average Bonchev–Trinajstić information content (AvgIpc) is 3.28. The van der Waals surface area contributed by atoms with Crippen LogP contribution in [0.25, 0.3) is 22.1 Å². The van der Waals surface area contributed by atoms with Crippen molar-refractivity contribution in [1.82, 2.24) is 24.1 Å². The van der Waals surface area contributed by atoms with Crippen molar-refractivity contribution in [2.24, 2.45) is 0 Å². The van der Waals surface area contributed by atoms with Crippen LogP contribution in [0.3, 0.4) is 0 Å². The summed E-state index contributed by atoms with van der Waals surface area (Å²) in [7, 11) is -2.63. The number of hydrogen-bond donors (Lipinski definition) is 0. The first-order chi connectivity index (χ1) is 18.3. The van der Waals surface area contributed by atoms with Gasteiger partial charge in [0.1, 0.15) is 11.3 Å². The van der Waals surface area contributed by atoms with Gasteiger partial charge in [-0.25, -0.2) is 17.4 Å². The first-order valence-corrected chi connectivity index (χ1v) is 13.1. The smallest absolute Gasteiger partial charge is 0.294 e. The number of para-hydroxylation sites is 1. The first-order valence-electron chi connectivity index (χ1n) is 11.7. The van der Waals surface area contributed by atoms with E-state index in [0.29, 0.717) is 16.7 Å². The zero-order chi connectivity index (χ0) is 26.9. The molecule has 5 aromatic rings. The van der Waals surface area contributed by atoms with E-state index in [-0.39, 0.29) is 35.0 Å². The molecule has 0 aliphatic carbocycles. The second-order valence-electron chi connectivity index (χ2n) is 8.62. The number of aromatic nitrogens is 4.